The fraction of sp³-hybridized carbons (Fsp3) is 0.714. The quantitative estimate of drug-likeness (QED) is 0.549. The van der Waals surface area contributed by atoms with Crippen molar-refractivity contribution in [1.29, 1.82) is 0 Å². The van der Waals surface area contributed by atoms with Gasteiger partial charge in [0.25, 0.3) is 0 Å². The Balaban J connectivity index is 3.19. The van der Waals surface area contributed by atoms with Gasteiger partial charge in [0, 0.05) is 18.3 Å². The molecule has 0 aliphatic carbocycles. The van der Waals surface area contributed by atoms with E-state index in [1.165, 1.54) is 0 Å². The number of unbranched alkanes of at least 4 members (excludes halogenated alkanes) is 1. The fourth-order valence-corrected chi connectivity index (χ4v) is 3.11. The van der Waals surface area contributed by atoms with E-state index in [0.29, 0.717) is 37.3 Å². The van der Waals surface area contributed by atoms with Crippen molar-refractivity contribution in [1.82, 2.24) is 4.90 Å². The van der Waals surface area contributed by atoms with Crippen LogP contribution in [0, 0.1) is 0 Å². The van der Waals surface area contributed by atoms with Crippen molar-refractivity contribution in [3.8, 4) is 0 Å². The molecule has 0 saturated heterocycles. The standard InChI is InChI=1S/C21H36N2O4/c1-8-10-11-17(22)18(19(24)26-9-2)16-12-15(4)23(13-14(16)3)20(25)27-21(5,6)7/h15H,8-13,22H2,1-7H3/b18-17-. The number of hydrogen-bond acceptors (Lipinski definition) is 5. The molecule has 0 fully saturated rings. The Morgan fingerprint density at radius 3 is 2.41 bits per heavy atom. The molecule has 2 N–H and O–H groups in total. The number of amides is 1. The molecule has 0 saturated carbocycles. The van der Waals surface area contributed by atoms with Crippen LogP contribution in [-0.2, 0) is 14.3 Å². The van der Waals surface area contributed by atoms with Crippen molar-refractivity contribution in [3.63, 3.8) is 0 Å². The lowest BCUT2D eigenvalue weighted by molar-refractivity contribution is -0.138. The van der Waals surface area contributed by atoms with Gasteiger partial charge in [-0.25, -0.2) is 9.59 Å². The largest absolute Gasteiger partial charge is 0.462 e. The Morgan fingerprint density at radius 1 is 1.26 bits per heavy atom. The first-order chi connectivity index (χ1) is 12.5. The van der Waals surface area contributed by atoms with Gasteiger partial charge in [-0.3, -0.25) is 0 Å². The van der Waals surface area contributed by atoms with Crippen LogP contribution in [-0.4, -0.2) is 41.8 Å². The summed E-state index contributed by atoms with van der Waals surface area (Å²) < 4.78 is 10.8. The van der Waals surface area contributed by atoms with Crippen LogP contribution in [0.25, 0.3) is 0 Å². The highest BCUT2D eigenvalue weighted by Gasteiger charge is 2.33. The zero-order valence-corrected chi connectivity index (χ0v) is 18.0. The van der Waals surface area contributed by atoms with Crippen molar-refractivity contribution in [3.05, 3.63) is 22.4 Å². The minimum atomic E-state index is -0.546. The van der Waals surface area contributed by atoms with E-state index in [1.54, 1.807) is 11.8 Å². The number of hydrogen-bond donors (Lipinski definition) is 1. The first-order valence-electron chi connectivity index (χ1n) is 9.86. The molecule has 154 valence electrons. The molecule has 0 bridgehead atoms. The van der Waals surface area contributed by atoms with Crippen LogP contribution in [0.3, 0.4) is 0 Å². The molecular formula is C21H36N2O4. The van der Waals surface area contributed by atoms with Gasteiger partial charge in [-0.15, -0.1) is 0 Å². The van der Waals surface area contributed by atoms with Crippen LogP contribution in [0.5, 0.6) is 0 Å². The summed E-state index contributed by atoms with van der Waals surface area (Å²) in [4.78, 5) is 26.8. The van der Waals surface area contributed by atoms with Gasteiger partial charge in [0.1, 0.15) is 5.60 Å². The van der Waals surface area contributed by atoms with Gasteiger partial charge < -0.3 is 20.1 Å². The molecule has 6 heteroatoms. The highest BCUT2D eigenvalue weighted by molar-refractivity contribution is 5.94. The monoisotopic (exact) mass is 380 g/mol. The van der Waals surface area contributed by atoms with Crippen LogP contribution in [0.15, 0.2) is 22.4 Å². The van der Waals surface area contributed by atoms with Crippen molar-refractivity contribution < 1.29 is 19.1 Å². The minimum absolute atomic E-state index is 0.0954. The molecule has 0 spiro atoms. The van der Waals surface area contributed by atoms with E-state index in [9.17, 15) is 9.59 Å². The average Bonchev–Trinajstić information content (AvgIpc) is 2.54. The molecular weight excluding hydrogens is 344 g/mol. The third kappa shape index (κ3) is 6.60. The van der Waals surface area contributed by atoms with Gasteiger partial charge in [0.15, 0.2) is 0 Å². The van der Waals surface area contributed by atoms with Gasteiger partial charge in [-0.05, 0) is 72.0 Å². The van der Waals surface area contributed by atoms with E-state index in [2.05, 4.69) is 6.92 Å². The van der Waals surface area contributed by atoms with Gasteiger partial charge in [-0.1, -0.05) is 13.3 Å². The summed E-state index contributed by atoms with van der Waals surface area (Å²) in [7, 11) is 0. The Kier molecular flexibility index (Phi) is 8.38. The molecule has 1 amide bonds. The van der Waals surface area contributed by atoms with Gasteiger partial charge in [0.05, 0.1) is 12.2 Å². The van der Waals surface area contributed by atoms with E-state index in [1.807, 2.05) is 34.6 Å². The Bertz CT molecular complexity index is 614. The predicted molar refractivity (Wildman–Crippen MR) is 107 cm³/mol. The third-order valence-corrected chi connectivity index (χ3v) is 4.48. The number of esters is 1. The SMILES string of the molecule is CCCC/C(N)=C(/C(=O)OCC)C1=C(C)CN(C(=O)OC(C)(C)C)C(C)C1. The lowest BCUT2D eigenvalue weighted by Gasteiger charge is -2.37. The maximum absolute atomic E-state index is 12.6. The Labute approximate surface area is 163 Å². The summed E-state index contributed by atoms with van der Waals surface area (Å²) >= 11 is 0. The van der Waals surface area contributed by atoms with Crippen LogP contribution < -0.4 is 5.73 Å². The smallest absolute Gasteiger partial charge is 0.410 e. The Hall–Kier alpha value is -1.98. The summed E-state index contributed by atoms with van der Waals surface area (Å²) in [5.74, 6) is -0.377. The van der Waals surface area contributed by atoms with Crippen molar-refractivity contribution in [2.24, 2.45) is 5.73 Å². The van der Waals surface area contributed by atoms with Gasteiger partial charge in [-0.2, -0.15) is 0 Å². The second-order valence-corrected chi connectivity index (χ2v) is 8.14. The molecule has 1 rings (SSSR count). The maximum Gasteiger partial charge on any atom is 0.410 e. The first kappa shape index (κ1) is 23.1. The number of nitrogens with two attached hydrogens (primary N) is 1. The number of carbonyl (C=O) groups excluding carboxylic acids is 2. The lowest BCUT2D eigenvalue weighted by atomic mass is 9.88. The van der Waals surface area contributed by atoms with Gasteiger partial charge in [0.2, 0.25) is 0 Å². The summed E-state index contributed by atoms with van der Waals surface area (Å²) in [6, 6.07) is -0.0954. The van der Waals surface area contributed by atoms with Crippen molar-refractivity contribution in [2.75, 3.05) is 13.2 Å². The molecule has 27 heavy (non-hydrogen) atoms. The second-order valence-electron chi connectivity index (χ2n) is 8.14. The second kappa shape index (κ2) is 9.81. The molecule has 1 unspecified atom stereocenters. The first-order valence-corrected chi connectivity index (χ1v) is 9.86. The van der Waals surface area contributed by atoms with Crippen LogP contribution in [0.2, 0.25) is 0 Å². The lowest BCUT2D eigenvalue weighted by Crippen LogP contribution is -2.45. The molecule has 1 atom stereocenters. The average molecular weight is 381 g/mol. The summed E-state index contributed by atoms with van der Waals surface area (Å²) in [5, 5.41) is 0. The normalized spacial score (nSPS) is 18.9. The highest BCUT2D eigenvalue weighted by atomic mass is 16.6. The fourth-order valence-electron chi connectivity index (χ4n) is 3.11. The van der Waals surface area contributed by atoms with E-state index in [0.717, 1.165) is 24.0 Å². The van der Waals surface area contributed by atoms with Crippen molar-refractivity contribution >= 4 is 12.1 Å². The number of nitrogens with zero attached hydrogens (tertiary/aromatic N) is 1. The van der Waals surface area contributed by atoms with E-state index < -0.39 is 5.60 Å². The zero-order valence-electron chi connectivity index (χ0n) is 18.0. The van der Waals surface area contributed by atoms with Crippen molar-refractivity contribution in [2.45, 2.75) is 85.8 Å². The third-order valence-electron chi connectivity index (χ3n) is 4.48. The number of allylic oxidation sites excluding steroid dienone is 1. The van der Waals surface area contributed by atoms with E-state index >= 15 is 0 Å². The molecule has 6 nitrogen and oxygen atoms in total. The molecule has 1 heterocycles. The molecule has 0 aromatic heterocycles. The maximum atomic E-state index is 12.6. The summed E-state index contributed by atoms with van der Waals surface area (Å²) in [5.41, 5.74) is 8.64. The number of ether oxygens (including phenoxy) is 2. The molecule has 1 aliphatic heterocycles. The molecule has 1 aliphatic rings. The van der Waals surface area contributed by atoms with Crippen LogP contribution >= 0.6 is 0 Å². The zero-order chi connectivity index (χ0) is 20.8. The summed E-state index contributed by atoms with van der Waals surface area (Å²) in [6.07, 6.45) is 2.78. The van der Waals surface area contributed by atoms with Gasteiger partial charge >= 0.3 is 12.1 Å². The summed E-state index contributed by atoms with van der Waals surface area (Å²) in [6.45, 7) is 14.0. The van der Waals surface area contributed by atoms with Crippen LogP contribution in [0.4, 0.5) is 4.79 Å². The Morgan fingerprint density at radius 2 is 1.89 bits per heavy atom. The van der Waals surface area contributed by atoms with E-state index in [4.69, 9.17) is 15.2 Å². The highest BCUT2D eigenvalue weighted by Crippen LogP contribution is 2.32. The number of carbonyl (C=O) groups is 2. The minimum Gasteiger partial charge on any atom is -0.462 e. The molecule has 0 radical (unpaired) electrons. The number of rotatable bonds is 6. The topological polar surface area (TPSA) is 81.9 Å². The molecule has 0 aromatic rings. The molecule has 0 aromatic carbocycles. The predicted octanol–water partition coefficient (Wildman–Crippen LogP) is 4.30. The van der Waals surface area contributed by atoms with E-state index in [-0.39, 0.29) is 18.1 Å². The van der Waals surface area contributed by atoms with Crippen LogP contribution in [0.1, 0.15) is 74.1 Å².